The van der Waals surface area contributed by atoms with E-state index in [4.69, 9.17) is 17.3 Å². The highest BCUT2D eigenvalue weighted by Gasteiger charge is 2.29. The van der Waals surface area contributed by atoms with E-state index in [-0.39, 0.29) is 18.0 Å². The Hall–Kier alpha value is -2.97. The normalized spacial score (nSPS) is 17.8. The number of aromatic nitrogens is 4. The summed E-state index contributed by atoms with van der Waals surface area (Å²) >= 11 is 5.94. The number of benzene rings is 1. The Bertz CT molecular complexity index is 988. The minimum Gasteiger partial charge on any atom is -0.346 e. The van der Waals surface area contributed by atoms with Gasteiger partial charge < -0.3 is 15.6 Å². The molecule has 8 nitrogen and oxygen atoms in total. The fraction of sp³-hybridized carbons (Fsp3) is 0.263. The van der Waals surface area contributed by atoms with Gasteiger partial charge in [0, 0.05) is 42.1 Å². The zero-order valence-electron chi connectivity index (χ0n) is 15.3. The monoisotopic (exact) mass is 397 g/mol. The summed E-state index contributed by atoms with van der Waals surface area (Å²) in [6.45, 7) is 2.44. The molecule has 0 aliphatic carbocycles. The van der Waals surface area contributed by atoms with Crippen LogP contribution in [0.1, 0.15) is 25.1 Å². The smallest absolute Gasteiger partial charge is 0.229 e. The summed E-state index contributed by atoms with van der Waals surface area (Å²) in [4.78, 5) is 26.8. The van der Waals surface area contributed by atoms with Gasteiger partial charge in [-0.2, -0.15) is 4.98 Å². The zero-order valence-corrected chi connectivity index (χ0v) is 16.0. The topological polar surface area (TPSA) is 102 Å². The van der Waals surface area contributed by atoms with E-state index in [0.29, 0.717) is 29.8 Å². The lowest BCUT2D eigenvalue weighted by atomic mass is 10.2. The third-order valence-electron chi connectivity index (χ3n) is 4.59. The van der Waals surface area contributed by atoms with Crippen LogP contribution in [0.2, 0.25) is 5.02 Å². The van der Waals surface area contributed by atoms with E-state index < -0.39 is 0 Å². The van der Waals surface area contributed by atoms with Crippen molar-refractivity contribution in [2.24, 2.45) is 5.73 Å². The van der Waals surface area contributed by atoms with E-state index in [9.17, 15) is 4.79 Å². The van der Waals surface area contributed by atoms with E-state index in [1.54, 1.807) is 23.5 Å². The number of anilines is 2. The fourth-order valence-corrected chi connectivity index (χ4v) is 3.24. The van der Waals surface area contributed by atoms with E-state index in [1.807, 2.05) is 42.0 Å². The first kappa shape index (κ1) is 18.4. The molecule has 144 valence electrons. The molecule has 0 bridgehead atoms. The molecule has 1 amide bonds. The Labute approximate surface area is 167 Å². The molecule has 3 N–H and O–H groups in total. The van der Waals surface area contributed by atoms with Crippen LogP contribution in [0, 0.1) is 0 Å². The molecule has 0 radical (unpaired) electrons. The number of hydrogen-bond donors (Lipinski definition) is 2. The van der Waals surface area contributed by atoms with Crippen molar-refractivity contribution >= 4 is 29.3 Å². The maximum atomic E-state index is 12.0. The minimum atomic E-state index is -0.158. The van der Waals surface area contributed by atoms with Crippen molar-refractivity contribution < 1.29 is 4.79 Å². The molecule has 2 aromatic heterocycles. The second-order valence-electron chi connectivity index (χ2n) is 6.76. The SMILES string of the molecule is C[C@H](Nc1nccc(N2C[C@@H](N)CC2=O)n1)c1cn(-c2ccc(Cl)cc2)cn1. The van der Waals surface area contributed by atoms with Crippen LogP contribution in [0.3, 0.4) is 0 Å². The average Bonchev–Trinajstić information content (AvgIpc) is 3.29. The predicted molar refractivity (Wildman–Crippen MR) is 108 cm³/mol. The number of nitrogens with two attached hydrogens (primary N) is 1. The van der Waals surface area contributed by atoms with Crippen LogP contribution >= 0.6 is 11.6 Å². The van der Waals surface area contributed by atoms with Crippen molar-refractivity contribution in [2.75, 3.05) is 16.8 Å². The van der Waals surface area contributed by atoms with Crippen molar-refractivity contribution in [2.45, 2.75) is 25.4 Å². The molecule has 1 aliphatic rings. The van der Waals surface area contributed by atoms with Crippen LogP contribution in [-0.4, -0.2) is 38.0 Å². The number of halogens is 1. The van der Waals surface area contributed by atoms with Gasteiger partial charge in [0.1, 0.15) is 5.82 Å². The molecule has 3 aromatic rings. The summed E-state index contributed by atoms with van der Waals surface area (Å²) in [5.74, 6) is 0.959. The van der Waals surface area contributed by atoms with Gasteiger partial charge in [-0.3, -0.25) is 9.69 Å². The molecule has 1 saturated heterocycles. The quantitative estimate of drug-likeness (QED) is 0.686. The molecule has 0 unspecified atom stereocenters. The van der Waals surface area contributed by atoms with Gasteiger partial charge in [0.05, 0.1) is 18.1 Å². The van der Waals surface area contributed by atoms with Gasteiger partial charge in [-0.25, -0.2) is 9.97 Å². The van der Waals surface area contributed by atoms with E-state index in [0.717, 1.165) is 11.4 Å². The Morgan fingerprint density at radius 1 is 1.25 bits per heavy atom. The van der Waals surface area contributed by atoms with Gasteiger partial charge in [-0.15, -0.1) is 0 Å². The van der Waals surface area contributed by atoms with Gasteiger partial charge in [-0.1, -0.05) is 11.6 Å². The maximum Gasteiger partial charge on any atom is 0.229 e. The third kappa shape index (κ3) is 3.83. The zero-order chi connectivity index (χ0) is 19.7. The first-order chi connectivity index (χ1) is 13.5. The van der Waals surface area contributed by atoms with Crippen LogP contribution in [0.15, 0.2) is 49.1 Å². The Morgan fingerprint density at radius 3 is 2.75 bits per heavy atom. The van der Waals surface area contributed by atoms with Crippen molar-refractivity contribution in [1.29, 1.82) is 0 Å². The molecule has 0 spiro atoms. The van der Waals surface area contributed by atoms with Gasteiger partial charge >= 0.3 is 0 Å². The summed E-state index contributed by atoms with van der Waals surface area (Å²) in [7, 11) is 0. The lowest BCUT2D eigenvalue weighted by Gasteiger charge is -2.17. The largest absolute Gasteiger partial charge is 0.346 e. The number of hydrogen-bond acceptors (Lipinski definition) is 6. The number of carbonyl (C=O) groups excluding carboxylic acids is 1. The number of rotatable bonds is 5. The molecule has 2 atom stereocenters. The summed E-state index contributed by atoms with van der Waals surface area (Å²) in [5.41, 5.74) is 7.67. The summed E-state index contributed by atoms with van der Waals surface area (Å²) < 4.78 is 1.92. The van der Waals surface area contributed by atoms with Crippen molar-refractivity contribution in [3.05, 3.63) is 59.8 Å². The molecule has 4 rings (SSSR count). The fourth-order valence-electron chi connectivity index (χ4n) is 3.11. The Kier molecular flexibility index (Phi) is 4.97. The molecular formula is C19H20ClN7O. The lowest BCUT2D eigenvalue weighted by Crippen LogP contribution is -2.29. The predicted octanol–water partition coefficient (Wildman–Crippen LogP) is 2.55. The van der Waals surface area contributed by atoms with Gasteiger partial charge in [0.15, 0.2) is 0 Å². The first-order valence-corrected chi connectivity index (χ1v) is 9.33. The number of nitrogens with zero attached hydrogens (tertiary/aromatic N) is 5. The number of carbonyl (C=O) groups is 1. The maximum absolute atomic E-state index is 12.0. The van der Waals surface area contributed by atoms with Crippen LogP contribution in [0.25, 0.3) is 5.69 Å². The standard InChI is InChI=1S/C19H20ClN7O/c1-12(16-10-26(11-23-16)15-4-2-13(20)3-5-15)24-19-22-7-6-17(25-19)27-9-14(21)8-18(27)28/h2-7,10-12,14H,8-9,21H2,1H3,(H,22,24,25)/t12-,14-/m0/s1. The number of nitrogens with one attached hydrogen (secondary N) is 1. The van der Waals surface area contributed by atoms with E-state index in [1.165, 1.54) is 0 Å². The van der Waals surface area contributed by atoms with Crippen molar-refractivity contribution in [3.8, 4) is 5.69 Å². The third-order valence-corrected chi connectivity index (χ3v) is 4.84. The number of imidazole rings is 1. The highest BCUT2D eigenvalue weighted by Crippen LogP contribution is 2.22. The molecular weight excluding hydrogens is 378 g/mol. The molecule has 3 heterocycles. The highest BCUT2D eigenvalue weighted by molar-refractivity contribution is 6.30. The molecule has 0 saturated carbocycles. The summed E-state index contributed by atoms with van der Waals surface area (Å²) in [6, 6.07) is 8.95. The molecule has 1 aliphatic heterocycles. The minimum absolute atomic E-state index is 0.0214. The van der Waals surface area contributed by atoms with Crippen LogP contribution < -0.4 is 16.0 Å². The first-order valence-electron chi connectivity index (χ1n) is 8.95. The molecule has 1 fully saturated rings. The number of amides is 1. The van der Waals surface area contributed by atoms with Crippen molar-refractivity contribution in [3.63, 3.8) is 0 Å². The molecule has 1 aromatic carbocycles. The molecule has 9 heteroatoms. The van der Waals surface area contributed by atoms with Gasteiger partial charge in [0.2, 0.25) is 11.9 Å². The van der Waals surface area contributed by atoms with Crippen LogP contribution in [0.4, 0.5) is 11.8 Å². The van der Waals surface area contributed by atoms with Crippen molar-refractivity contribution in [1.82, 2.24) is 19.5 Å². The second kappa shape index (κ2) is 7.57. The van der Waals surface area contributed by atoms with Crippen LogP contribution in [0.5, 0.6) is 0 Å². The Morgan fingerprint density at radius 2 is 2.04 bits per heavy atom. The summed E-state index contributed by atoms with van der Waals surface area (Å²) in [6.07, 6.45) is 5.65. The van der Waals surface area contributed by atoms with Crippen LogP contribution in [-0.2, 0) is 4.79 Å². The van der Waals surface area contributed by atoms with Gasteiger partial charge in [-0.05, 0) is 37.3 Å². The van der Waals surface area contributed by atoms with E-state index >= 15 is 0 Å². The van der Waals surface area contributed by atoms with Gasteiger partial charge in [0.25, 0.3) is 0 Å². The summed E-state index contributed by atoms with van der Waals surface area (Å²) in [5, 5.41) is 3.92. The Balaban J connectivity index is 1.48. The average molecular weight is 398 g/mol. The van der Waals surface area contributed by atoms with E-state index in [2.05, 4.69) is 20.3 Å². The second-order valence-corrected chi connectivity index (χ2v) is 7.19. The highest BCUT2D eigenvalue weighted by atomic mass is 35.5. The lowest BCUT2D eigenvalue weighted by molar-refractivity contribution is -0.117. The molecule has 28 heavy (non-hydrogen) atoms.